The first kappa shape index (κ1) is 14.7. The lowest BCUT2D eigenvalue weighted by atomic mass is 10.0. The summed E-state index contributed by atoms with van der Waals surface area (Å²) >= 11 is 0. The van der Waals surface area contributed by atoms with Crippen molar-refractivity contribution in [2.45, 2.75) is 51.7 Å². The highest BCUT2D eigenvalue weighted by molar-refractivity contribution is 5.44. The molecule has 2 aliphatic rings. The van der Waals surface area contributed by atoms with Crippen molar-refractivity contribution in [3.05, 3.63) is 23.8 Å². The number of benzene rings is 1. The Morgan fingerprint density at radius 2 is 2.00 bits per heavy atom. The molecule has 1 aromatic rings. The van der Waals surface area contributed by atoms with Crippen LogP contribution in [0.5, 0.6) is 11.5 Å². The zero-order valence-corrected chi connectivity index (χ0v) is 13.1. The molecule has 0 bridgehead atoms. The number of nitrogens with one attached hydrogen (secondary N) is 1. The summed E-state index contributed by atoms with van der Waals surface area (Å²) < 4.78 is 10.9. The minimum absolute atomic E-state index is 0.351. The van der Waals surface area contributed by atoms with Crippen molar-refractivity contribution >= 4 is 0 Å². The normalized spacial score (nSPS) is 26.4. The lowest BCUT2D eigenvalue weighted by Gasteiger charge is -2.32. The highest BCUT2D eigenvalue weighted by Crippen LogP contribution is 2.32. The van der Waals surface area contributed by atoms with Gasteiger partial charge >= 0.3 is 0 Å². The molecule has 21 heavy (non-hydrogen) atoms. The average Bonchev–Trinajstić information content (AvgIpc) is 2.94. The largest absolute Gasteiger partial charge is 0.454 e. The third kappa shape index (κ3) is 3.69. The summed E-state index contributed by atoms with van der Waals surface area (Å²) in [5.74, 6) is 1.76. The molecular formula is C17H26N2O2. The number of rotatable bonds is 3. The number of nitrogens with zero attached hydrogens (tertiary/aromatic N) is 1. The van der Waals surface area contributed by atoms with Gasteiger partial charge in [0.25, 0.3) is 0 Å². The first-order chi connectivity index (χ1) is 10.2. The fourth-order valence-corrected chi connectivity index (χ4v) is 3.17. The second-order valence-corrected chi connectivity index (χ2v) is 6.21. The predicted molar refractivity (Wildman–Crippen MR) is 83.8 cm³/mol. The van der Waals surface area contributed by atoms with E-state index in [1.165, 1.54) is 24.8 Å². The Labute approximate surface area is 127 Å². The lowest BCUT2D eigenvalue weighted by Crippen LogP contribution is -2.43. The molecule has 2 aliphatic heterocycles. The van der Waals surface area contributed by atoms with Gasteiger partial charge in [-0.05, 0) is 57.0 Å². The van der Waals surface area contributed by atoms with E-state index in [-0.39, 0.29) is 0 Å². The molecule has 1 aromatic carbocycles. The van der Waals surface area contributed by atoms with Crippen LogP contribution in [0.1, 0.15) is 38.7 Å². The highest BCUT2D eigenvalue weighted by atomic mass is 16.7. The molecule has 4 nitrogen and oxygen atoms in total. The molecule has 0 saturated carbocycles. The predicted octanol–water partition coefficient (Wildman–Crippen LogP) is 2.77. The zero-order chi connectivity index (χ0) is 14.7. The van der Waals surface area contributed by atoms with Crippen molar-refractivity contribution in [3.8, 4) is 11.5 Å². The molecule has 1 saturated heterocycles. The fourth-order valence-electron chi connectivity index (χ4n) is 3.17. The van der Waals surface area contributed by atoms with Crippen LogP contribution in [0.25, 0.3) is 0 Å². The first-order valence-corrected chi connectivity index (χ1v) is 8.11. The summed E-state index contributed by atoms with van der Waals surface area (Å²) in [4.78, 5) is 2.57. The van der Waals surface area contributed by atoms with Gasteiger partial charge in [-0.3, -0.25) is 4.90 Å². The van der Waals surface area contributed by atoms with Crippen LogP contribution in [-0.2, 0) is 6.54 Å². The van der Waals surface area contributed by atoms with Gasteiger partial charge in [-0.2, -0.15) is 0 Å². The molecule has 2 unspecified atom stereocenters. The number of hydrogen-bond acceptors (Lipinski definition) is 4. The van der Waals surface area contributed by atoms with Gasteiger partial charge in [-0.15, -0.1) is 0 Å². The Morgan fingerprint density at radius 3 is 2.86 bits per heavy atom. The van der Waals surface area contributed by atoms with Crippen LogP contribution in [0, 0.1) is 0 Å². The summed E-state index contributed by atoms with van der Waals surface area (Å²) in [6.45, 7) is 8.23. The van der Waals surface area contributed by atoms with Crippen LogP contribution in [0.15, 0.2) is 18.2 Å². The van der Waals surface area contributed by atoms with Gasteiger partial charge in [-0.25, -0.2) is 0 Å². The summed E-state index contributed by atoms with van der Waals surface area (Å²) in [7, 11) is 0. The van der Waals surface area contributed by atoms with E-state index in [4.69, 9.17) is 9.47 Å². The van der Waals surface area contributed by atoms with Crippen LogP contribution >= 0.6 is 0 Å². The molecule has 116 valence electrons. The molecule has 2 heterocycles. The standard InChI is InChI=1S/C17H26N2O2/c1-3-15-7-9-19(8-6-13(2)18-15)11-14-4-5-16-17(10-14)21-12-20-16/h4-5,10,13,15,18H,3,6-9,11-12H2,1-2H3. The lowest BCUT2D eigenvalue weighted by molar-refractivity contribution is 0.173. The summed E-state index contributed by atoms with van der Waals surface area (Å²) in [6, 6.07) is 7.57. The van der Waals surface area contributed by atoms with Crippen LogP contribution < -0.4 is 14.8 Å². The topological polar surface area (TPSA) is 33.7 Å². The van der Waals surface area contributed by atoms with Crippen LogP contribution in [0.3, 0.4) is 0 Å². The van der Waals surface area contributed by atoms with Crippen molar-refractivity contribution in [2.24, 2.45) is 0 Å². The van der Waals surface area contributed by atoms with E-state index in [0.29, 0.717) is 18.9 Å². The number of hydrogen-bond donors (Lipinski definition) is 1. The van der Waals surface area contributed by atoms with E-state index in [2.05, 4.69) is 36.2 Å². The molecular weight excluding hydrogens is 264 g/mol. The Balaban J connectivity index is 1.63. The molecule has 0 amide bonds. The average molecular weight is 290 g/mol. The van der Waals surface area contributed by atoms with Gasteiger partial charge in [0.1, 0.15) is 0 Å². The van der Waals surface area contributed by atoms with E-state index in [9.17, 15) is 0 Å². The van der Waals surface area contributed by atoms with E-state index in [1.807, 2.05) is 6.07 Å². The molecule has 0 aromatic heterocycles. The van der Waals surface area contributed by atoms with Crippen molar-refractivity contribution in [3.63, 3.8) is 0 Å². The second-order valence-electron chi connectivity index (χ2n) is 6.21. The van der Waals surface area contributed by atoms with Gasteiger partial charge in [0.2, 0.25) is 6.79 Å². The smallest absolute Gasteiger partial charge is 0.231 e. The molecule has 0 radical (unpaired) electrons. The van der Waals surface area contributed by atoms with Gasteiger partial charge < -0.3 is 14.8 Å². The second kappa shape index (κ2) is 6.67. The molecule has 3 rings (SSSR count). The van der Waals surface area contributed by atoms with Gasteiger partial charge in [0.05, 0.1) is 0 Å². The van der Waals surface area contributed by atoms with Crippen LogP contribution in [0.2, 0.25) is 0 Å². The number of fused-ring (bicyclic) bond motifs is 1. The summed E-state index contributed by atoms with van der Waals surface area (Å²) in [5, 5.41) is 3.72. The van der Waals surface area contributed by atoms with Crippen molar-refractivity contribution in [1.29, 1.82) is 0 Å². The van der Waals surface area contributed by atoms with E-state index in [1.54, 1.807) is 0 Å². The third-order valence-corrected chi connectivity index (χ3v) is 4.53. The summed E-state index contributed by atoms with van der Waals surface area (Å²) in [5.41, 5.74) is 1.31. The third-order valence-electron chi connectivity index (χ3n) is 4.53. The van der Waals surface area contributed by atoms with E-state index in [0.717, 1.165) is 31.1 Å². The molecule has 1 N–H and O–H groups in total. The maximum absolute atomic E-state index is 5.47. The number of ether oxygens (including phenoxy) is 2. The van der Waals surface area contributed by atoms with Gasteiger partial charge in [0.15, 0.2) is 11.5 Å². The monoisotopic (exact) mass is 290 g/mol. The Kier molecular flexibility index (Phi) is 4.66. The van der Waals surface area contributed by atoms with Gasteiger partial charge in [0, 0.05) is 18.6 Å². The SMILES string of the molecule is CCC1CCN(Cc2ccc3c(c2)OCO3)CCC(C)N1. The summed E-state index contributed by atoms with van der Waals surface area (Å²) in [6.07, 6.45) is 3.65. The molecule has 4 heteroatoms. The first-order valence-electron chi connectivity index (χ1n) is 8.11. The highest BCUT2D eigenvalue weighted by Gasteiger charge is 2.19. The minimum Gasteiger partial charge on any atom is -0.454 e. The van der Waals surface area contributed by atoms with Crippen molar-refractivity contribution in [1.82, 2.24) is 10.2 Å². The maximum Gasteiger partial charge on any atom is 0.231 e. The van der Waals surface area contributed by atoms with Crippen LogP contribution in [0.4, 0.5) is 0 Å². The zero-order valence-electron chi connectivity index (χ0n) is 13.1. The van der Waals surface area contributed by atoms with Crippen molar-refractivity contribution in [2.75, 3.05) is 19.9 Å². The molecule has 2 atom stereocenters. The van der Waals surface area contributed by atoms with E-state index >= 15 is 0 Å². The quantitative estimate of drug-likeness (QED) is 0.928. The Bertz CT molecular complexity index is 478. The van der Waals surface area contributed by atoms with Gasteiger partial charge in [-0.1, -0.05) is 13.0 Å². The molecule has 0 aliphatic carbocycles. The minimum atomic E-state index is 0.351. The van der Waals surface area contributed by atoms with E-state index < -0.39 is 0 Å². The molecule has 1 fully saturated rings. The Hall–Kier alpha value is -1.26. The van der Waals surface area contributed by atoms with Crippen molar-refractivity contribution < 1.29 is 9.47 Å². The molecule has 0 spiro atoms. The van der Waals surface area contributed by atoms with Crippen LogP contribution in [-0.4, -0.2) is 36.9 Å². The fraction of sp³-hybridized carbons (Fsp3) is 0.647. The maximum atomic E-state index is 5.47. The Morgan fingerprint density at radius 1 is 1.19 bits per heavy atom.